The van der Waals surface area contributed by atoms with Gasteiger partial charge in [-0.3, -0.25) is 4.98 Å². The number of hydrogen-bond acceptors (Lipinski definition) is 3. The van der Waals surface area contributed by atoms with E-state index in [2.05, 4.69) is 25.6 Å². The molecule has 2 heterocycles. The summed E-state index contributed by atoms with van der Waals surface area (Å²) >= 11 is 5.77. The van der Waals surface area contributed by atoms with Crippen LogP contribution in [0.3, 0.4) is 0 Å². The largest absolute Gasteiger partial charge is 0.357 e. The number of nitrogens with zero attached hydrogens (tertiary/aromatic N) is 3. The topological polar surface area (TPSA) is 62.2 Å². The molecule has 0 radical (unpaired) electrons. The van der Waals surface area contributed by atoms with E-state index < -0.39 is 0 Å². The molecule has 0 aliphatic carbocycles. The van der Waals surface area contributed by atoms with E-state index in [-0.39, 0.29) is 0 Å². The van der Waals surface area contributed by atoms with Gasteiger partial charge in [-0.1, -0.05) is 23.7 Å². The third-order valence-corrected chi connectivity index (χ3v) is 3.18. The molecule has 0 aromatic carbocycles. The molecule has 2 N–H and O–H groups in total. The average molecular weight is 318 g/mol. The Kier molecular flexibility index (Phi) is 6.64. The number of aliphatic imine (C=N–C) groups is 1. The van der Waals surface area contributed by atoms with Crippen LogP contribution in [0.1, 0.15) is 18.2 Å². The van der Waals surface area contributed by atoms with Crippen molar-refractivity contribution in [2.45, 2.75) is 19.9 Å². The monoisotopic (exact) mass is 317 g/mol. The highest BCUT2D eigenvalue weighted by molar-refractivity contribution is 6.29. The van der Waals surface area contributed by atoms with Crippen molar-refractivity contribution in [3.8, 4) is 0 Å². The first kappa shape index (κ1) is 16.2. The highest BCUT2D eigenvalue weighted by Crippen LogP contribution is 2.06. The number of pyridine rings is 2. The zero-order valence-electron chi connectivity index (χ0n) is 12.6. The number of aromatic nitrogens is 2. The normalized spacial score (nSPS) is 11.3. The summed E-state index contributed by atoms with van der Waals surface area (Å²) in [5.74, 6) is 0.786. The predicted molar refractivity (Wildman–Crippen MR) is 90.0 cm³/mol. The molecule has 0 spiro atoms. The molecule has 0 bridgehead atoms. The van der Waals surface area contributed by atoms with Gasteiger partial charge in [0, 0.05) is 37.6 Å². The number of hydrogen-bond donors (Lipinski definition) is 2. The predicted octanol–water partition coefficient (Wildman–Crippen LogP) is 2.43. The van der Waals surface area contributed by atoms with E-state index in [0.717, 1.165) is 36.7 Å². The lowest BCUT2D eigenvalue weighted by Crippen LogP contribution is -2.38. The van der Waals surface area contributed by atoms with Crippen molar-refractivity contribution in [3.05, 3.63) is 59.1 Å². The fourth-order valence-electron chi connectivity index (χ4n) is 1.87. The molecule has 0 atom stereocenters. The quantitative estimate of drug-likeness (QED) is 0.488. The lowest BCUT2D eigenvalue weighted by Gasteiger charge is -2.11. The molecule has 2 rings (SSSR count). The van der Waals surface area contributed by atoms with Crippen LogP contribution >= 0.6 is 11.6 Å². The second-order valence-corrected chi connectivity index (χ2v) is 5.07. The van der Waals surface area contributed by atoms with Gasteiger partial charge < -0.3 is 10.6 Å². The maximum Gasteiger partial charge on any atom is 0.191 e. The fourth-order valence-corrected chi connectivity index (χ4v) is 1.98. The first-order valence-corrected chi connectivity index (χ1v) is 7.68. The Morgan fingerprint density at radius 1 is 1.18 bits per heavy atom. The van der Waals surface area contributed by atoms with Crippen LogP contribution in [0.2, 0.25) is 5.15 Å². The average Bonchev–Trinajstić information content (AvgIpc) is 2.55. The van der Waals surface area contributed by atoms with Crippen LogP contribution < -0.4 is 10.6 Å². The van der Waals surface area contributed by atoms with Crippen molar-refractivity contribution in [3.63, 3.8) is 0 Å². The zero-order valence-corrected chi connectivity index (χ0v) is 13.3. The Balaban J connectivity index is 1.85. The van der Waals surface area contributed by atoms with Gasteiger partial charge in [0.25, 0.3) is 0 Å². The summed E-state index contributed by atoms with van der Waals surface area (Å²) in [5.41, 5.74) is 2.08. The van der Waals surface area contributed by atoms with E-state index in [1.807, 2.05) is 37.4 Å². The molecular formula is C16H20ClN5. The van der Waals surface area contributed by atoms with Gasteiger partial charge in [0.05, 0.1) is 6.54 Å². The molecule has 22 heavy (non-hydrogen) atoms. The Morgan fingerprint density at radius 3 is 2.77 bits per heavy atom. The summed E-state index contributed by atoms with van der Waals surface area (Å²) in [5, 5.41) is 7.02. The van der Waals surface area contributed by atoms with Gasteiger partial charge in [0.2, 0.25) is 0 Å². The molecule has 0 unspecified atom stereocenters. The minimum atomic E-state index is 0.494. The summed E-state index contributed by atoms with van der Waals surface area (Å²) in [7, 11) is 0. The smallest absolute Gasteiger partial charge is 0.191 e. The van der Waals surface area contributed by atoms with Crippen LogP contribution in [0.4, 0.5) is 0 Å². The molecule has 5 nitrogen and oxygen atoms in total. The lowest BCUT2D eigenvalue weighted by molar-refractivity contribution is 0.788. The molecule has 0 aliphatic heterocycles. The molecule has 0 amide bonds. The molecule has 0 aliphatic rings. The van der Waals surface area contributed by atoms with E-state index >= 15 is 0 Å². The van der Waals surface area contributed by atoms with Crippen LogP contribution in [0.5, 0.6) is 0 Å². The highest BCUT2D eigenvalue weighted by atomic mass is 35.5. The van der Waals surface area contributed by atoms with Crippen LogP contribution in [0, 0.1) is 0 Å². The molecule has 116 valence electrons. The van der Waals surface area contributed by atoms with Crippen molar-refractivity contribution < 1.29 is 0 Å². The Hall–Kier alpha value is -2.14. The third-order valence-electron chi connectivity index (χ3n) is 2.95. The minimum Gasteiger partial charge on any atom is -0.357 e. The molecule has 0 saturated heterocycles. The van der Waals surface area contributed by atoms with E-state index in [1.165, 1.54) is 0 Å². The molecule has 2 aromatic heterocycles. The van der Waals surface area contributed by atoms with Crippen molar-refractivity contribution in [1.29, 1.82) is 0 Å². The highest BCUT2D eigenvalue weighted by Gasteiger charge is 1.99. The van der Waals surface area contributed by atoms with Gasteiger partial charge in [-0.05, 0) is 30.7 Å². The third kappa shape index (κ3) is 5.69. The molecule has 2 aromatic rings. The van der Waals surface area contributed by atoms with Crippen LogP contribution in [0.15, 0.2) is 47.7 Å². The first-order chi connectivity index (χ1) is 10.8. The summed E-state index contributed by atoms with van der Waals surface area (Å²) in [4.78, 5) is 12.9. The maximum atomic E-state index is 5.77. The summed E-state index contributed by atoms with van der Waals surface area (Å²) < 4.78 is 0. The van der Waals surface area contributed by atoms with Crippen LogP contribution in [0.25, 0.3) is 0 Å². The van der Waals surface area contributed by atoms with E-state index in [9.17, 15) is 0 Å². The van der Waals surface area contributed by atoms with Crippen LogP contribution in [-0.2, 0) is 13.0 Å². The van der Waals surface area contributed by atoms with Gasteiger partial charge in [0.1, 0.15) is 5.15 Å². The van der Waals surface area contributed by atoms with Crippen LogP contribution in [-0.4, -0.2) is 29.0 Å². The zero-order chi connectivity index (χ0) is 15.6. The maximum absolute atomic E-state index is 5.77. The second-order valence-electron chi connectivity index (χ2n) is 4.68. The standard InChI is InChI=1S/C16H20ClN5/c1-2-18-16(20-10-8-14-5-3-4-9-19-14)22-12-13-6-7-15(17)21-11-13/h3-7,9,11H,2,8,10,12H2,1H3,(H2,18,20,22). The Bertz CT molecular complexity index is 583. The van der Waals surface area contributed by atoms with Gasteiger partial charge in [0.15, 0.2) is 5.96 Å². The number of guanidine groups is 1. The van der Waals surface area contributed by atoms with E-state index in [1.54, 1.807) is 12.3 Å². The summed E-state index contributed by atoms with van der Waals surface area (Å²) in [6.07, 6.45) is 4.40. The van der Waals surface area contributed by atoms with Gasteiger partial charge in [-0.15, -0.1) is 0 Å². The summed E-state index contributed by atoms with van der Waals surface area (Å²) in [6, 6.07) is 9.63. The van der Waals surface area contributed by atoms with E-state index in [0.29, 0.717) is 11.7 Å². The van der Waals surface area contributed by atoms with Crippen molar-refractivity contribution in [2.75, 3.05) is 13.1 Å². The van der Waals surface area contributed by atoms with Crippen molar-refractivity contribution in [1.82, 2.24) is 20.6 Å². The number of nitrogens with one attached hydrogen (secondary N) is 2. The molecular weight excluding hydrogens is 298 g/mol. The Labute approximate surface area is 135 Å². The second kappa shape index (κ2) is 9.00. The van der Waals surface area contributed by atoms with Gasteiger partial charge in [-0.25, -0.2) is 9.98 Å². The van der Waals surface area contributed by atoms with E-state index in [4.69, 9.17) is 11.6 Å². The SMILES string of the molecule is CCNC(=NCc1ccc(Cl)nc1)NCCc1ccccn1. The van der Waals surface area contributed by atoms with Gasteiger partial charge >= 0.3 is 0 Å². The van der Waals surface area contributed by atoms with Crippen molar-refractivity contribution >= 4 is 17.6 Å². The molecule has 0 saturated carbocycles. The Morgan fingerprint density at radius 2 is 2.09 bits per heavy atom. The van der Waals surface area contributed by atoms with Crippen molar-refractivity contribution in [2.24, 2.45) is 4.99 Å². The summed E-state index contributed by atoms with van der Waals surface area (Å²) in [6.45, 7) is 4.19. The molecule has 0 fully saturated rings. The van der Waals surface area contributed by atoms with Gasteiger partial charge in [-0.2, -0.15) is 0 Å². The lowest BCUT2D eigenvalue weighted by atomic mass is 10.3. The number of halogens is 1. The first-order valence-electron chi connectivity index (χ1n) is 7.30. The molecule has 6 heteroatoms. The number of rotatable bonds is 6. The fraction of sp³-hybridized carbons (Fsp3) is 0.312. The minimum absolute atomic E-state index is 0.494.